The molecule has 0 spiro atoms. The van der Waals surface area contributed by atoms with Gasteiger partial charge in [0.2, 0.25) is 10.0 Å². The number of nitrogens with zero attached hydrogens (tertiary/aromatic N) is 1. The van der Waals surface area contributed by atoms with Crippen molar-refractivity contribution in [1.82, 2.24) is 4.90 Å². The Kier molecular flexibility index (Phi) is 4.88. The van der Waals surface area contributed by atoms with Gasteiger partial charge < -0.3 is 4.90 Å². The van der Waals surface area contributed by atoms with E-state index in [0.29, 0.717) is 17.8 Å². The molecule has 1 aliphatic heterocycles. The monoisotopic (exact) mass is 378 g/mol. The summed E-state index contributed by atoms with van der Waals surface area (Å²) in [4.78, 5) is 16.3. The third kappa shape index (κ3) is 3.72. The molecule has 5 nitrogen and oxygen atoms in total. The largest absolute Gasteiger partial charge is 0.331 e. The Bertz CT molecular complexity index is 903. The number of hydrogen-bond donors (Lipinski definition) is 1. The molecule has 1 amide bonds. The van der Waals surface area contributed by atoms with Crippen LogP contribution in [-0.4, -0.2) is 32.0 Å². The van der Waals surface area contributed by atoms with Crippen LogP contribution in [0.4, 0.5) is 5.69 Å². The molecule has 1 aromatic carbocycles. The second-order valence-electron chi connectivity index (χ2n) is 6.38. The van der Waals surface area contributed by atoms with Crippen LogP contribution in [0.25, 0.3) is 0 Å². The molecule has 0 radical (unpaired) electrons. The van der Waals surface area contributed by atoms with E-state index in [1.165, 1.54) is 10.4 Å². The first-order valence-electron chi connectivity index (χ1n) is 8.26. The lowest BCUT2D eigenvalue weighted by molar-refractivity contribution is 0.0657. The van der Waals surface area contributed by atoms with Gasteiger partial charge in [0.1, 0.15) is 0 Å². The number of hydrogen-bond acceptors (Lipinski definition) is 4. The standard InChI is InChI=1S/C18H22N2O3S2/c1-4-16-14-8-10-24-17(14)7-9-20(16)18(21)13-6-5-12(2)15(11-13)19-25(3,22)23/h5-6,8,10-11,16,19H,4,7,9H2,1-3H3. The number of nitrogens with one attached hydrogen (secondary N) is 1. The summed E-state index contributed by atoms with van der Waals surface area (Å²) in [5, 5.41) is 2.08. The molecule has 1 aromatic heterocycles. The van der Waals surface area contributed by atoms with Crippen molar-refractivity contribution in [3.63, 3.8) is 0 Å². The van der Waals surface area contributed by atoms with Crippen molar-refractivity contribution >= 4 is 33.0 Å². The van der Waals surface area contributed by atoms with Gasteiger partial charge in [0.05, 0.1) is 18.0 Å². The van der Waals surface area contributed by atoms with Crippen LogP contribution < -0.4 is 4.72 Å². The average molecular weight is 379 g/mol. The molecular formula is C18H22N2O3S2. The van der Waals surface area contributed by atoms with Gasteiger partial charge in [-0.2, -0.15) is 0 Å². The smallest absolute Gasteiger partial charge is 0.254 e. The summed E-state index contributed by atoms with van der Waals surface area (Å²) in [5.41, 5.74) is 2.99. The fraction of sp³-hybridized carbons (Fsp3) is 0.389. The Morgan fingerprint density at radius 3 is 2.80 bits per heavy atom. The first kappa shape index (κ1) is 17.9. The molecule has 1 atom stereocenters. The maximum Gasteiger partial charge on any atom is 0.254 e. The van der Waals surface area contributed by atoms with Crippen LogP contribution in [0.15, 0.2) is 29.6 Å². The van der Waals surface area contributed by atoms with Crippen molar-refractivity contribution in [3.05, 3.63) is 51.2 Å². The molecule has 2 aromatic rings. The van der Waals surface area contributed by atoms with Crippen molar-refractivity contribution in [2.75, 3.05) is 17.5 Å². The van der Waals surface area contributed by atoms with Crippen LogP contribution in [0.3, 0.4) is 0 Å². The number of thiophene rings is 1. The Hall–Kier alpha value is -1.86. The van der Waals surface area contributed by atoms with Crippen LogP contribution in [0.2, 0.25) is 0 Å². The van der Waals surface area contributed by atoms with Gasteiger partial charge in [-0.05, 0) is 54.5 Å². The van der Waals surface area contributed by atoms with E-state index in [9.17, 15) is 13.2 Å². The minimum Gasteiger partial charge on any atom is -0.331 e. The Balaban J connectivity index is 1.92. The van der Waals surface area contributed by atoms with Crippen LogP contribution in [-0.2, 0) is 16.4 Å². The highest BCUT2D eigenvalue weighted by molar-refractivity contribution is 7.92. The molecule has 1 aliphatic rings. The Labute approximate surface area is 152 Å². The molecular weight excluding hydrogens is 356 g/mol. The summed E-state index contributed by atoms with van der Waals surface area (Å²) in [6, 6.07) is 7.37. The number of carbonyl (C=O) groups is 1. The summed E-state index contributed by atoms with van der Waals surface area (Å²) in [7, 11) is -3.39. The summed E-state index contributed by atoms with van der Waals surface area (Å²) in [5.74, 6) is -0.0553. The van der Waals surface area contributed by atoms with E-state index in [-0.39, 0.29) is 11.9 Å². The highest BCUT2D eigenvalue weighted by atomic mass is 32.2. The highest BCUT2D eigenvalue weighted by Crippen LogP contribution is 2.36. The van der Waals surface area contributed by atoms with E-state index in [2.05, 4.69) is 23.1 Å². The maximum atomic E-state index is 13.1. The van der Waals surface area contributed by atoms with Crippen molar-refractivity contribution in [3.8, 4) is 0 Å². The lowest BCUT2D eigenvalue weighted by Gasteiger charge is -2.35. The first-order chi connectivity index (χ1) is 11.8. The first-order valence-corrected chi connectivity index (χ1v) is 11.0. The molecule has 0 bridgehead atoms. The van der Waals surface area contributed by atoms with Crippen molar-refractivity contribution in [2.24, 2.45) is 0 Å². The van der Waals surface area contributed by atoms with Crippen molar-refractivity contribution in [1.29, 1.82) is 0 Å². The summed E-state index contributed by atoms with van der Waals surface area (Å²) < 4.78 is 25.6. The molecule has 2 heterocycles. The quantitative estimate of drug-likeness (QED) is 0.884. The predicted octanol–water partition coefficient (Wildman–Crippen LogP) is 3.58. The fourth-order valence-corrected chi connectivity index (χ4v) is 4.86. The lowest BCUT2D eigenvalue weighted by Crippen LogP contribution is -2.39. The van der Waals surface area contributed by atoms with Crippen LogP contribution in [0, 0.1) is 6.92 Å². The zero-order valence-corrected chi connectivity index (χ0v) is 16.2. The van der Waals surface area contributed by atoms with Gasteiger partial charge >= 0.3 is 0 Å². The second kappa shape index (κ2) is 6.80. The highest BCUT2D eigenvalue weighted by Gasteiger charge is 2.31. The molecule has 25 heavy (non-hydrogen) atoms. The number of carbonyl (C=O) groups excluding carboxylic acids is 1. The molecule has 1 unspecified atom stereocenters. The number of fused-ring (bicyclic) bond motifs is 1. The molecule has 0 saturated carbocycles. The van der Waals surface area contributed by atoms with Gasteiger partial charge in [-0.15, -0.1) is 11.3 Å². The number of aryl methyl sites for hydroxylation is 1. The van der Waals surface area contributed by atoms with Crippen LogP contribution in [0.5, 0.6) is 0 Å². The van der Waals surface area contributed by atoms with E-state index in [1.54, 1.807) is 29.5 Å². The van der Waals surface area contributed by atoms with Gasteiger partial charge in [0.15, 0.2) is 0 Å². The van der Waals surface area contributed by atoms with Crippen molar-refractivity contribution in [2.45, 2.75) is 32.7 Å². The number of rotatable bonds is 4. The normalized spacial score (nSPS) is 17.2. The zero-order chi connectivity index (χ0) is 18.2. The van der Waals surface area contributed by atoms with E-state index in [4.69, 9.17) is 0 Å². The third-order valence-electron chi connectivity index (χ3n) is 4.52. The lowest BCUT2D eigenvalue weighted by atomic mass is 9.96. The predicted molar refractivity (Wildman–Crippen MR) is 102 cm³/mol. The van der Waals surface area contributed by atoms with Crippen LogP contribution in [0.1, 0.15) is 45.7 Å². The number of amides is 1. The van der Waals surface area contributed by atoms with E-state index >= 15 is 0 Å². The molecule has 7 heteroatoms. The van der Waals surface area contributed by atoms with Crippen molar-refractivity contribution < 1.29 is 13.2 Å². The van der Waals surface area contributed by atoms with E-state index in [1.807, 2.05) is 11.8 Å². The van der Waals surface area contributed by atoms with Gasteiger partial charge in [-0.3, -0.25) is 9.52 Å². The summed E-state index contributed by atoms with van der Waals surface area (Å²) >= 11 is 1.75. The number of sulfonamides is 1. The van der Waals surface area contributed by atoms with E-state index < -0.39 is 10.0 Å². The van der Waals surface area contributed by atoms with E-state index in [0.717, 1.165) is 24.7 Å². The third-order valence-corrected chi connectivity index (χ3v) is 6.11. The number of benzene rings is 1. The van der Waals surface area contributed by atoms with Crippen LogP contribution >= 0.6 is 11.3 Å². The van der Waals surface area contributed by atoms with Gasteiger partial charge in [-0.25, -0.2) is 8.42 Å². The SMILES string of the molecule is CCC1c2ccsc2CCN1C(=O)c1ccc(C)c(NS(C)(=O)=O)c1. The topological polar surface area (TPSA) is 66.5 Å². The van der Waals surface area contributed by atoms with Gasteiger partial charge in [0, 0.05) is 17.0 Å². The molecule has 0 saturated heterocycles. The zero-order valence-electron chi connectivity index (χ0n) is 14.6. The minimum absolute atomic E-state index is 0.0553. The van der Waals surface area contributed by atoms with Gasteiger partial charge in [0.25, 0.3) is 5.91 Å². The Morgan fingerprint density at radius 2 is 2.12 bits per heavy atom. The fourth-order valence-electron chi connectivity index (χ4n) is 3.31. The van der Waals surface area contributed by atoms with Gasteiger partial charge in [-0.1, -0.05) is 13.0 Å². The average Bonchev–Trinajstić information content (AvgIpc) is 3.02. The second-order valence-corrected chi connectivity index (χ2v) is 9.12. The minimum atomic E-state index is -3.39. The molecule has 0 aliphatic carbocycles. The molecule has 134 valence electrons. The Morgan fingerprint density at radius 1 is 1.36 bits per heavy atom. The molecule has 3 rings (SSSR count). The summed E-state index contributed by atoms with van der Waals surface area (Å²) in [6.07, 6.45) is 2.84. The summed E-state index contributed by atoms with van der Waals surface area (Å²) in [6.45, 7) is 4.59. The molecule has 0 fully saturated rings. The maximum absolute atomic E-state index is 13.1. The molecule has 1 N–H and O–H groups in total. The number of anilines is 1.